The molecule has 0 bridgehead atoms. The molecule has 0 atom stereocenters. The van der Waals surface area contributed by atoms with Crippen molar-refractivity contribution < 1.29 is 14.3 Å². The van der Waals surface area contributed by atoms with Crippen molar-refractivity contribution in [2.45, 2.75) is 0 Å². The van der Waals surface area contributed by atoms with Crippen LogP contribution in [0.5, 0.6) is 11.5 Å². The highest BCUT2D eigenvalue weighted by molar-refractivity contribution is 6.67. The lowest BCUT2D eigenvalue weighted by Gasteiger charge is -2.10. The van der Waals surface area contributed by atoms with Gasteiger partial charge in [0.25, 0.3) is 5.24 Å². The van der Waals surface area contributed by atoms with Gasteiger partial charge < -0.3 is 9.47 Å². The summed E-state index contributed by atoms with van der Waals surface area (Å²) in [4.78, 5) is 15.5. The summed E-state index contributed by atoms with van der Waals surface area (Å²) in [6.07, 6.45) is 1.64. The fraction of sp³-hybridized carbons (Fsp3) is 0.133. The molecule has 0 saturated heterocycles. The van der Waals surface area contributed by atoms with E-state index in [-0.39, 0.29) is 5.69 Å². The zero-order valence-electron chi connectivity index (χ0n) is 11.9. The molecule has 0 fully saturated rings. The summed E-state index contributed by atoms with van der Waals surface area (Å²) >= 11 is 5.48. The van der Waals surface area contributed by atoms with Crippen LogP contribution in [0.4, 0.5) is 0 Å². The largest absolute Gasteiger partial charge is 0.493 e. The van der Waals surface area contributed by atoms with Crippen molar-refractivity contribution in [1.29, 1.82) is 0 Å². The van der Waals surface area contributed by atoms with Gasteiger partial charge in [0.15, 0.2) is 17.1 Å². The summed E-state index contributed by atoms with van der Waals surface area (Å²) in [7, 11) is 3.15. The zero-order chi connectivity index (χ0) is 15.7. The van der Waals surface area contributed by atoms with Gasteiger partial charge >= 0.3 is 0 Å². The van der Waals surface area contributed by atoms with Crippen LogP contribution in [0.2, 0.25) is 0 Å². The van der Waals surface area contributed by atoms with Gasteiger partial charge in [0.05, 0.1) is 19.9 Å². The second-order valence-electron chi connectivity index (χ2n) is 4.47. The number of halogens is 1. The van der Waals surface area contributed by atoms with Gasteiger partial charge in [0.1, 0.15) is 5.69 Å². The van der Waals surface area contributed by atoms with Crippen LogP contribution in [0.3, 0.4) is 0 Å². The van der Waals surface area contributed by atoms with E-state index >= 15 is 0 Å². The fourth-order valence-electron chi connectivity index (χ4n) is 2.21. The lowest BCUT2D eigenvalue weighted by molar-refractivity contribution is 0.107. The van der Waals surface area contributed by atoms with Crippen LogP contribution in [0.25, 0.3) is 16.9 Å². The first-order valence-electron chi connectivity index (χ1n) is 6.41. The first kappa shape index (κ1) is 14.3. The Morgan fingerprint density at radius 1 is 1.14 bits per heavy atom. The molecule has 0 aliphatic carbocycles. The highest BCUT2D eigenvalue weighted by Crippen LogP contribution is 2.32. The third-order valence-corrected chi connectivity index (χ3v) is 3.43. The van der Waals surface area contributed by atoms with Crippen molar-refractivity contribution in [1.82, 2.24) is 14.6 Å². The molecule has 0 saturated carbocycles. The molecule has 2 aromatic heterocycles. The van der Waals surface area contributed by atoms with Crippen molar-refractivity contribution in [3.8, 4) is 22.8 Å². The summed E-state index contributed by atoms with van der Waals surface area (Å²) in [6, 6.07) is 8.85. The van der Waals surface area contributed by atoms with Crippen LogP contribution in [0.1, 0.15) is 10.5 Å². The number of carbonyl (C=O) groups excluding carboxylic acids is 1. The van der Waals surface area contributed by atoms with E-state index in [9.17, 15) is 4.79 Å². The Kier molecular flexibility index (Phi) is 3.68. The number of nitrogens with zero attached hydrogens (tertiary/aromatic N) is 3. The minimum atomic E-state index is -0.622. The summed E-state index contributed by atoms with van der Waals surface area (Å²) in [5.74, 6) is 1.24. The van der Waals surface area contributed by atoms with Crippen LogP contribution in [-0.2, 0) is 0 Å². The van der Waals surface area contributed by atoms with Crippen molar-refractivity contribution in [2.75, 3.05) is 14.2 Å². The molecule has 0 aliphatic rings. The molecular weight excluding hydrogens is 306 g/mol. The molecule has 22 heavy (non-hydrogen) atoms. The van der Waals surface area contributed by atoms with Crippen LogP contribution in [0.15, 0.2) is 36.5 Å². The maximum atomic E-state index is 11.3. The third-order valence-electron chi connectivity index (χ3n) is 3.24. The SMILES string of the molecule is COc1ccc(-c2ccnc3cc(C(=O)Cl)nn23)cc1OC. The normalized spacial score (nSPS) is 10.7. The molecule has 0 aliphatic heterocycles. The number of fused-ring (bicyclic) bond motifs is 1. The molecule has 7 heteroatoms. The van der Waals surface area contributed by atoms with Crippen molar-refractivity contribution >= 4 is 22.5 Å². The number of methoxy groups -OCH3 is 2. The molecule has 2 heterocycles. The zero-order valence-corrected chi connectivity index (χ0v) is 12.7. The van der Waals surface area contributed by atoms with Crippen LogP contribution in [0, 0.1) is 0 Å². The molecule has 0 radical (unpaired) electrons. The Morgan fingerprint density at radius 3 is 2.59 bits per heavy atom. The van der Waals surface area contributed by atoms with Crippen LogP contribution >= 0.6 is 11.6 Å². The second-order valence-corrected chi connectivity index (χ2v) is 4.82. The molecule has 0 spiro atoms. The van der Waals surface area contributed by atoms with Crippen molar-refractivity contribution in [3.05, 3.63) is 42.2 Å². The Hall–Kier alpha value is -2.60. The monoisotopic (exact) mass is 317 g/mol. The average Bonchev–Trinajstić information content (AvgIpc) is 2.98. The van der Waals surface area contributed by atoms with Gasteiger partial charge in [-0.25, -0.2) is 9.50 Å². The standard InChI is InChI=1S/C15H12ClN3O3/c1-21-12-4-3-9(7-13(12)22-2)11-5-6-17-14-8-10(15(16)20)18-19(11)14/h3-8H,1-2H3. The number of benzene rings is 1. The molecule has 0 N–H and O–H groups in total. The first-order chi connectivity index (χ1) is 10.6. The van der Waals surface area contributed by atoms with Gasteiger partial charge in [0.2, 0.25) is 0 Å². The van der Waals surface area contributed by atoms with E-state index in [2.05, 4.69) is 10.1 Å². The molecule has 3 rings (SSSR count). The Balaban J connectivity index is 2.19. The van der Waals surface area contributed by atoms with E-state index in [1.54, 1.807) is 43.1 Å². The highest BCUT2D eigenvalue weighted by Gasteiger charge is 2.13. The number of hydrogen-bond acceptors (Lipinski definition) is 5. The van der Waals surface area contributed by atoms with Gasteiger partial charge in [-0.3, -0.25) is 4.79 Å². The molecule has 1 aromatic carbocycles. The predicted molar refractivity (Wildman–Crippen MR) is 81.7 cm³/mol. The van der Waals surface area contributed by atoms with Gasteiger partial charge in [-0.05, 0) is 35.9 Å². The van der Waals surface area contributed by atoms with E-state index in [4.69, 9.17) is 21.1 Å². The molecule has 3 aromatic rings. The molecule has 0 unspecified atom stereocenters. The first-order valence-corrected chi connectivity index (χ1v) is 6.79. The number of aromatic nitrogens is 3. The van der Waals surface area contributed by atoms with E-state index in [0.29, 0.717) is 17.1 Å². The number of rotatable bonds is 4. The summed E-state index contributed by atoms with van der Waals surface area (Å²) in [5.41, 5.74) is 2.30. The number of hydrogen-bond donors (Lipinski definition) is 0. The third kappa shape index (κ3) is 2.37. The Morgan fingerprint density at radius 2 is 1.91 bits per heavy atom. The maximum Gasteiger partial charge on any atom is 0.272 e. The predicted octanol–water partition coefficient (Wildman–Crippen LogP) is 2.79. The average molecular weight is 318 g/mol. The van der Waals surface area contributed by atoms with Crippen LogP contribution in [-0.4, -0.2) is 34.1 Å². The summed E-state index contributed by atoms with van der Waals surface area (Å²) < 4.78 is 12.1. The smallest absolute Gasteiger partial charge is 0.272 e. The topological polar surface area (TPSA) is 65.7 Å². The minimum absolute atomic E-state index is 0.155. The van der Waals surface area contributed by atoms with Gasteiger partial charge in [-0.1, -0.05) is 0 Å². The quantitative estimate of drug-likeness (QED) is 0.692. The lowest BCUT2D eigenvalue weighted by atomic mass is 10.1. The second kappa shape index (κ2) is 5.65. The molecule has 112 valence electrons. The van der Waals surface area contributed by atoms with E-state index < -0.39 is 5.24 Å². The molecule has 0 amide bonds. The van der Waals surface area contributed by atoms with Crippen molar-refractivity contribution in [3.63, 3.8) is 0 Å². The van der Waals surface area contributed by atoms with Crippen LogP contribution < -0.4 is 9.47 Å². The van der Waals surface area contributed by atoms with E-state index in [1.165, 1.54) is 0 Å². The number of ether oxygens (including phenoxy) is 2. The lowest BCUT2D eigenvalue weighted by Crippen LogP contribution is -1.98. The molecule has 6 nitrogen and oxygen atoms in total. The summed E-state index contributed by atoms with van der Waals surface area (Å²) in [6.45, 7) is 0. The Bertz CT molecular complexity index is 860. The van der Waals surface area contributed by atoms with E-state index in [0.717, 1.165) is 11.3 Å². The van der Waals surface area contributed by atoms with Gasteiger partial charge in [-0.2, -0.15) is 5.10 Å². The van der Waals surface area contributed by atoms with Crippen molar-refractivity contribution in [2.24, 2.45) is 0 Å². The highest BCUT2D eigenvalue weighted by atomic mass is 35.5. The van der Waals surface area contributed by atoms with Gasteiger partial charge in [0, 0.05) is 17.8 Å². The molecular formula is C15H12ClN3O3. The van der Waals surface area contributed by atoms with E-state index in [1.807, 2.05) is 12.1 Å². The van der Waals surface area contributed by atoms with Gasteiger partial charge in [-0.15, -0.1) is 0 Å². The number of carbonyl (C=O) groups is 1. The minimum Gasteiger partial charge on any atom is -0.493 e. The maximum absolute atomic E-state index is 11.3. The Labute approximate surface area is 131 Å². The fourth-order valence-corrected chi connectivity index (χ4v) is 2.30. The summed E-state index contributed by atoms with van der Waals surface area (Å²) in [5, 5.41) is 3.57.